The number of carbonyl (C=O) groups excluding carboxylic acids is 3. The largest absolute Gasteiger partial charge is 0.467 e. The molecule has 0 bridgehead atoms. The number of ether oxygens (including phenoxy) is 1. The smallest absolute Gasteiger partial charge is 0.330 e. The Balaban J connectivity index is 2.06. The number of esters is 1. The summed E-state index contributed by atoms with van der Waals surface area (Å²) in [5.74, 6) is -1.88. The fraction of sp³-hybridized carbons (Fsp3) is 0.294. The van der Waals surface area contributed by atoms with E-state index in [9.17, 15) is 19.2 Å². The molecule has 0 atom stereocenters. The molecular formula is C17H19N3O5. The number of aromatic amines is 1. The van der Waals surface area contributed by atoms with Gasteiger partial charge >= 0.3 is 5.97 Å². The van der Waals surface area contributed by atoms with Crippen LogP contribution in [0.5, 0.6) is 0 Å². The second-order valence-electron chi connectivity index (χ2n) is 5.92. The van der Waals surface area contributed by atoms with Gasteiger partial charge < -0.3 is 20.4 Å². The summed E-state index contributed by atoms with van der Waals surface area (Å²) in [6.07, 6.45) is 1.30. The zero-order valence-corrected chi connectivity index (χ0v) is 14.1. The van der Waals surface area contributed by atoms with E-state index in [4.69, 9.17) is 0 Å². The average molecular weight is 345 g/mol. The summed E-state index contributed by atoms with van der Waals surface area (Å²) in [5.41, 5.74) is -1.14. The molecule has 132 valence electrons. The van der Waals surface area contributed by atoms with Crippen LogP contribution in [0.1, 0.15) is 24.2 Å². The van der Waals surface area contributed by atoms with Crippen LogP contribution in [0.2, 0.25) is 0 Å². The summed E-state index contributed by atoms with van der Waals surface area (Å²) in [7, 11) is 1.21. The molecule has 8 nitrogen and oxygen atoms in total. The number of H-pyrrole nitrogens is 1. The van der Waals surface area contributed by atoms with E-state index in [0.717, 1.165) is 0 Å². The molecule has 0 aliphatic heterocycles. The molecule has 0 fully saturated rings. The lowest BCUT2D eigenvalue weighted by atomic mass is 10.1. The molecule has 1 aromatic carbocycles. The van der Waals surface area contributed by atoms with Gasteiger partial charge in [0, 0.05) is 17.1 Å². The summed E-state index contributed by atoms with van der Waals surface area (Å²) >= 11 is 0. The highest BCUT2D eigenvalue weighted by atomic mass is 16.5. The maximum absolute atomic E-state index is 12.3. The molecule has 0 spiro atoms. The van der Waals surface area contributed by atoms with Gasteiger partial charge in [0.2, 0.25) is 11.3 Å². The van der Waals surface area contributed by atoms with Crippen LogP contribution >= 0.6 is 0 Å². The lowest BCUT2D eigenvalue weighted by Crippen LogP contribution is -2.53. The third kappa shape index (κ3) is 4.03. The predicted molar refractivity (Wildman–Crippen MR) is 91.1 cm³/mol. The number of rotatable bonds is 5. The highest BCUT2D eigenvalue weighted by Crippen LogP contribution is 2.07. The molecule has 2 aromatic rings. The van der Waals surface area contributed by atoms with E-state index >= 15 is 0 Å². The monoisotopic (exact) mass is 345 g/mol. The van der Waals surface area contributed by atoms with Crippen molar-refractivity contribution in [3.8, 4) is 0 Å². The summed E-state index contributed by atoms with van der Waals surface area (Å²) in [6.45, 7) is 2.57. The zero-order chi connectivity index (χ0) is 18.6. The molecule has 0 saturated heterocycles. The zero-order valence-electron chi connectivity index (χ0n) is 14.1. The normalized spacial score (nSPS) is 11.0. The third-order valence-electron chi connectivity index (χ3n) is 3.59. The molecule has 0 aliphatic rings. The van der Waals surface area contributed by atoms with Crippen molar-refractivity contribution in [3.63, 3.8) is 0 Å². The number of hydrogen-bond acceptors (Lipinski definition) is 5. The molecule has 8 heteroatoms. The van der Waals surface area contributed by atoms with Crippen molar-refractivity contribution in [3.05, 3.63) is 46.2 Å². The van der Waals surface area contributed by atoms with Gasteiger partial charge in [-0.15, -0.1) is 0 Å². The summed E-state index contributed by atoms with van der Waals surface area (Å²) in [5, 5.41) is 5.19. The Kier molecular flexibility index (Phi) is 5.21. The Labute approximate surface area is 143 Å². The maximum atomic E-state index is 12.3. The molecule has 2 rings (SSSR count). The SMILES string of the molecule is COC(=O)C(C)(C)NC(=O)CNC(=O)c1c[nH]c2ccccc2c1=O. The van der Waals surface area contributed by atoms with Crippen LogP contribution in [0.4, 0.5) is 0 Å². The van der Waals surface area contributed by atoms with Crippen molar-refractivity contribution in [2.24, 2.45) is 0 Å². The van der Waals surface area contributed by atoms with E-state index in [1.165, 1.54) is 27.2 Å². The van der Waals surface area contributed by atoms with E-state index in [2.05, 4.69) is 20.4 Å². The lowest BCUT2D eigenvalue weighted by molar-refractivity contribution is -0.149. The van der Waals surface area contributed by atoms with Crippen molar-refractivity contribution < 1.29 is 19.1 Å². The summed E-state index contributed by atoms with van der Waals surface area (Å²) in [4.78, 5) is 50.8. The minimum absolute atomic E-state index is 0.0984. The van der Waals surface area contributed by atoms with Crippen LogP contribution in [-0.4, -0.2) is 42.0 Å². The lowest BCUT2D eigenvalue weighted by Gasteiger charge is -2.23. The predicted octanol–water partition coefficient (Wildman–Crippen LogP) is 0.326. The van der Waals surface area contributed by atoms with Crippen LogP contribution in [0, 0.1) is 0 Å². The minimum Gasteiger partial charge on any atom is -0.467 e. The number of para-hydroxylation sites is 1. The maximum Gasteiger partial charge on any atom is 0.330 e. The first-order chi connectivity index (χ1) is 11.8. The number of amides is 2. The van der Waals surface area contributed by atoms with Gasteiger partial charge in [0.05, 0.1) is 13.7 Å². The van der Waals surface area contributed by atoms with Crippen molar-refractivity contribution in [2.45, 2.75) is 19.4 Å². The third-order valence-corrected chi connectivity index (χ3v) is 3.59. The van der Waals surface area contributed by atoms with Gasteiger partial charge in [-0.3, -0.25) is 14.4 Å². The Morgan fingerprint density at radius 2 is 1.88 bits per heavy atom. The van der Waals surface area contributed by atoms with Gasteiger partial charge in [-0.1, -0.05) is 12.1 Å². The molecule has 25 heavy (non-hydrogen) atoms. The van der Waals surface area contributed by atoms with Gasteiger partial charge in [-0.05, 0) is 26.0 Å². The Morgan fingerprint density at radius 1 is 1.20 bits per heavy atom. The van der Waals surface area contributed by atoms with Crippen molar-refractivity contribution in [2.75, 3.05) is 13.7 Å². The second-order valence-corrected chi connectivity index (χ2v) is 5.92. The van der Waals surface area contributed by atoms with E-state index in [0.29, 0.717) is 10.9 Å². The van der Waals surface area contributed by atoms with Crippen molar-refractivity contribution >= 4 is 28.7 Å². The molecule has 0 radical (unpaired) electrons. The van der Waals surface area contributed by atoms with Gasteiger partial charge in [-0.2, -0.15) is 0 Å². The number of hydrogen-bond donors (Lipinski definition) is 3. The Hall–Kier alpha value is -3.16. The van der Waals surface area contributed by atoms with Crippen LogP contribution in [0.3, 0.4) is 0 Å². The number of carbonyl (C=O) groups is 3. The number of aromatic nitrogens is 1. The first-order valence-corrected chi connectivity index (χ1v) is 7.54. The first kappa shape index (κ1) is 18.2. The van der Waals surface area contributed by atoms with E-state index in [1.54, 1.807) is 24.3 Å². The number of fused-ring (bicyclic) bond motifs is 1. The number of pyridine rings is 1. The van der Waals surface area contributed by atoms with Crippen LogP contribution in [0.25, 0.3) is 10.9 Å². The second kappa shape index (κ2) is 7.16. The van der Waals surface area contributed by atoms with Crippen LogP contribution in [0.15, 0.2) is 35.3 Å². The Morgan fingerprint density at radius 3 is 2.56 bits per heavy atom. The van der Waals surface area contributed by atoms with Crippen LogP contribution < -0.4 is 16.1 Å². The minimum atomic E-state index is -1.23. The molecule has 0 saturated carbocycles. The number of methoxy groups -OCH3 is 1. The fourth-order valence-electron chi connectivity index (χ4n) is 2.29. The molecule has 0 unspecified atom stereocenters. The average Bonchev–Trinajstić information content (AvgIpc) is 2.59. The van der Waals surface area contributed by atoms with E-state index in [1.807, 2.05) is 0 Å². The molecule has 3 N–H and O–H groups in total. The molecular weight excluding hydrogens is 326 g/mol. The quantitative estimate of drug-likeness (QED) is 0.675. The standard InChI is InChI=1S/C17H19N3O5/c1-17(2,16(24)25-3)20-13(21)9-19-15(23)11-8-18-12-7-5-4-6-10(12)14(11)22/h4-8H,9H2,1-3H3,(H,18,22)(H,19,23)(H,20,21). The topological polar surface area (TPSA) is 117 Å². The molecule has 1 heterocycles. The highest BCUT2D eigenvalue weighted by Gasteiger charge is 2.30. The number of nitrogens with one attached hydrogen (secondary N) is 3. The van der Waals surface area contributed by atoms with E-state index < -0.39 is 28.8 Å². The van der Waals surface area contributed by atoms with Gasteiger partial charge in [0.1, 0.15) is 11.1 Å². The molecule has 1 aromatic heterocycles. The van der Waals surface area contributed by atoms with Gasteiger partial charge in [0.25, 0.3) is 5.91 Å². The Bertz CT molecular complexity index is 885. The number of benzene rings is 1. The van der Waals surface area contributed by atoms with Crippen LogP contribution in [-0.2, 0) is 14.3 Å². The highest BCUT2D eigenvalue weighted by molar-refractivity contribution is 5.99. The summed E-state index contributed by atoms with van der Waals surface area (Å²) < 4.78 is 4.58. The van der Waals surface area contributed by atoms with Crippen molar-refractivity contribution in [1.29, 1.82) is 0 Å². The van der Waals surface area contributed by atoms with E-state index in [-0.39, 0.29) is 12.1 Å². The first-order valence-electron chi connectivity index (χ1n) is 7.54. The van der Waals surface area contributed by atoms with Gasteiger partial charge in [0.15, 0.2) is 0 Å². The molecule has 2 amide bonds. The molecule has 0 aliphatic carbocycles. The summed E-state index contributed by atoms with van der Waals surface area (Å²) in [6, 6.07) is 6.80. The van der Waals surface area contributed by atoms with Gasteiger partial charge in [-0.25, -0.2) is 4.79 Å². The van der Waals surface area contributed by atoms with Crippen molar-refractivity contribution in [1.82, 2.24) is 15.6 Å². The fourth-order valence-corrected chi connectivity index (χ4v) is 2.29.